The highest BCUT2D eigenvalue weighted by Crippen LogP contribution is 2.24. The van der Waals surface area contributed by atoms with Gasteiger partial charge >= 0.3 is 0 Å². The third kappa shape index (κ3) is 2.06. The zero-order valence-corrected chi connectivity index (χ0v) is 8.98. The molecule has 5 heteroatoms. The molecular weight excluding hydrogens is 237 g/mol. The number of aromatic nitrogens is 1. The summed E-state index contributed by atoms with van der Waals surface area (Å²) in [6.07, 6.45) is 1.01. The highest BCUT2D eigenvalue weighted by molar-refractivity contribution is 7.13. The smallest absolute Gasteiger partial charge is 0.222 e. The van der Waals surface area contributed by atoms with Crippen molar-refractivity contribution in [1.82, 2.24) is 4.98 Å². The monoisotopic (exact) mass is 241 g/mol. The van der Waals surface area contributed by atoms with Crippen LogP contribution in [0.3, 0.4) is 0 Å². The molecule has 0 aliphatic carbocycles. The van der Waals surface area contributed by atoms with Crippen molar-refractivity contribution in [2.45, 2.75) is 0 Å². The minimum Gasteiger partial charge on any atom is -0.286 e. The summed E-state index contributed by atoms with van der Waals surface area (Å²) in [4.78, 5) is 15.9. The molecule has 2 rings (SSSR count). The molecule has 0 aliphatic heterocycles. The Morgan fingerprint density at radius 3 is 2.73 bits per heavy atom. The first-order valence-electron chi connectivity index (χ1n) is 4.08. The lowest BCUT2D eigenvalue weighted by molar-refractivity contribution is 0.103. The molecule has 0 bridgehead atoms. The van der Waals surface area contributed by atoms with E-state index >= 15 is 0 Å². The third-order valence-electron chi connectivity index (χ3n) is 1.78. The molecule has 0 radical (unpaired) electrons. The quantitative estimate of drug-likeness (QED) is 0.756. The molecule has 0 fully saturated rings. The van der Waals surface area contributed by atoms with E-state index in [1.54, 1.807) is 11.4 Å². The van der Waals surface area contributed by atoms with Gasteiger partial charge in [0.25, 0.3) is 0 Å². The van der Waals surface area contributed by atoms with E-state index in [4.69, 9.17) is 11.6 Å². The van der Waals surface area contributed by atoms with Crippen LogP contribution in [-0.2, 0) is 0 Å². The van der Waals surface area contributed by atoms with Crippen LogP contribution in [0.25, 0.3) is 0 Å². The maximum atomic E-state index is 12.6. The molecule has 0 atom stereocenters. The molecule has 15 heavy (non-hydrogen) atoms. The molecule has 0 unspecified atom stereocenters. The molecule has 0 N–H and O–H groups in total. The highest BCUT2D eigenvalue weighted by Gasteiger charge is 2.15. The van der Waals surface area contributed by atoms with E-state index in [1.807, 2.05) is 0 Å². The Labute approximate surface area is 94.3 Å². The Balaban J connectivity index is 2.37. The van der Waals surface area contributed by atoms with Crippen molar-refractivity contribution in [1.29, 1.82) is 0 Å². The first kappa shape index (κ1) is 10.3. The number of nitrogens with zero attached hydrogens (tertiary/aromatic N) is 1. The molecule has 0 amide bonds. The van der Waals surface area contributed by atoms with E-state index in [9.17, 15) is 9.18 Å². The van der Waals surface area contributed by atoms with Crippen LogP contribution in [0.2, 0.25) is 5.02 Å². The summed E-state index contributed by atoms with van der Waals surface area (Å²) in [6, 6.07) is 4.18. The lowest BCUT2D eigenvalue weighted by atomic mass is 10.2. The average Bonchev–Trinajstić information content (AvgIpc) is 2.65. The van der Waals surface area contributed by atoms with Crippen LogP contribution >= 0.6 is 22.9 Å². The molecule has 0 aliphatic rings. The number of hydrogen-bond acceptors (Lipinski definition) is 3. The normalized spacial score (nSPS) is 10.3. The van der Waals surface area contributed by atoms with Gasteiger partial charge in [0.05, 0.1) is 16.1 Å². The zero-order valence-electron chi connectivity index (χ0n) is 7.41. The van der Waals surface area contributed by atoms with Crippen molar-refractivity contribution in [3.8, 4) is 0 Å². The Kier molecular flexibility index (Phi) is 2.79. The number of thiophene rings is 1. The van der Waals surface area contributed by atoms with Gasteiger partial charge in [0, 0.05) is 0 Å². The molecule has 0 aromatic carbocycles. The van der Waals surface area contributed by atoms with Crippen LogP contribution in [0.5, 0.6) is 0 Å². The van der Waals surface area contributed by atoms with Crippen molar-refractivity contribution in [2.75, 3.05) is 0 Å². The minimum atomic E-state index is -0.469. The van der Waals surface area contributed by atoms with Crippen molar-refractivity contribution in [3.63, 3.8) is 0 Å². The Hall–Kier alpha value is -1.26. The summed E-state index contributed by atoms with van der Waals surface area (Å²) in [6.45, 7) is 0. The Morgan fingerprint density at radius 2 is 2.20 bits per heavy atom. The first-order valence-corrected chi connectivity index (χ1v) is 5.33. The van der Waals surface area contributed by atoms with E-state index < -0.39 is 5.82 Å². The molecule has 0 saturated heterocycles. The number of hydrogen-bond donors (Lipinski definition) is 0. The van der Waals surface area contributed by atoms with Crippen LogP contribution in [-0.4, -0.2) is 10.8 Å². The van der Waals surface area contributed by atoms with E-state index in [2.05, 4.69) is 4.98 Å². The van der Waals surface area contributed by atoms with Gasteiger partial charge in [-0.2, -0.15) is 0 Å². The molecule has 2 nitrogen and oxygen atoms in total. The Bertz CT molecular complexity index is 494. The fraction of sp³-hybridized carbons (Fsp3) is 0. The number of carbonyl (C=O) groups excluding carboxylic acids is 1. The summed E-state index contributed by atoms with van der Waals surface area (Å²) in [7, 11) is 0. The van der Waals surface area contributed by atoms with Crippen molar-refractivity contribution in [2.24, 2.45) is 0 Å². The maximum Gasteiger partial charge on any atom is 0.222 e. The Morgan fingerprint density at radius 1 is 1.40 bits per heavy atom. The summed E-state index contributed by atoms with van der Waals surface area (Å²) < 4.78 is 12.6. The summed E-state index contributed by atoms with van der Waals surface area (Å²) in [5.41, 5.74) is 0.195. The van der Waals surface area contributed by atoms with Gasteiger partial charge in [-0.1, -0.05) is 11.6 Å². The van der Waals surface area contributed by atoms with Crippen molar-refractivity contribution >= 4 is 28.7 Å². The standard InChI is InChI=1S/C10H5ClFNOS/c11-7-3-4-15-10(7)9(14)8-2-1-6(12)5-13-8/h1-5H. The van der Waals surface area contributed by atoms with Gasteiger partial charge in [-0.15, -0.1) is 11.3 Å². The van der Waals surface area contributed by atoms with E-state index in [0.29, 0.717) is 9.90 Å². The second-order valence-electron chi connectivity index (χ2n) is 2.79. The molecule has 0 spiro atoms. The number of pyridine rings is 1. The van der Waals surface area contributed by atoms with E-state index in [-0.39, 0.29) is 11.5 Å². The predicted octanol–water partition coefficient (Wildman–Crippen LogP) is 3.17. The number of rotatable bonds is 2. The fourth-order valence-electron chi connectivity index (χ4n) is 1.08. The van der Waals surface area contributed by atoms with Crippen LogP contribution in [0.4, 0.5) is 4.39 Å². The molecular formula is C10H5ClFNOS. The van der Waals surface area contributed by atoms with Crippen LogP contribution in [0.1, 0.15) is 15.4 Å². The summed E-state index contributed by atoms with van der Waals surface area (Å²) in [5.74, 6) is -0.751. The topological polar surface area (TPSA) is 30.0 Å². The van der Waals surface area contributed by atoms with Gasteiger partial charge in [0.2, 0.25) is 5.78 Å². The summed E-state index contributed by atoms with van der Waals surface area (Å²) in [5, 5.41) is 2.12. The maximum absolute atomic E-state index is 12.6. The van der Waals surface area contributed by atoms with Gasteiger partial charge in [-0.3, -0.25) is 4.79 Å². The van der Waals surface area contributed by atoms with Crippen LogP contribution in [0, 0.1) is 5.82 Å². The number of halogens is 2. The van der Waals surface area contributed by atoms with E-state index in [1.165, 1.54) is 23.5 Å². The van der Waals surface area contributed by atoms with Gasteiger partial charge in [-0.05, 0) is 23.6 Å². The number of ketones is 1. The van der Waals surface area contributed by atoms with Gasteiger partial charge in [-0.25, -0.2) is 9.37 Å². The largest absolute Gasteiger partial charge is 0.286 e. The molecule has 2 aromatic heterocycles. The minimum absolute atomic E-state index is 0.195. The lowest BCUT2D eigenvalue weighted by Crippen LogP contribution is -2.02. The SMILES string of the molecule is O=C(c1ccc(F)cn1)c1sccc1Cl. The first-order chi connectivity index (χ1) is 7.18. The average molecular weight is 242 g/mol. The van der Waals surface area contributed by atoms with Gasteiger partial charge < -0.3 is 0 Å². The van der Waals surface area contributed by atoms with Crippen molar-refractivity contribution < 1.29 is 9.18 Å². The predicted molar refractivity (Wildman–Crippen MR) is 57.0 cm³/mol. The second-order valence-corrected chi connectivity index (χ2v) is 4.11. The fourth-order valence-corrected chi connectivity index (χ4v) is 2.17. The lowest BCUT2D eigenvalue weighted by Gasteiger charge is -1.97. The zero-order chi connectivity index (χ0) is 10.8. The molecule has 76 valence electrons. The van der Waals surface area contributed by atoms with Gasteiger partial charge in [0.15, 0.2) is 0 Å². The second kappa shape index (κ2) is 4.08. The van der Waals surface area contributed by atoms with Crippen molar-refractivity contribution in [3.05, 3.63) is 51.2 Å². The molecule has 0 saturated carbocycles. The third-order valence-corrected chi connectivity index (χ3v) is 3.12. The molecule has 2 heterocycles. The van der Waals surface area contributed by atoms with Crippen LogP contribution < -0.4 is 0 Å². The van der Waals surface area contributed by atoms with Crippen LogP contribution in [0.15, 0.2) is 29.8 Å². The molecule has 2 aromatic rings. The van der Waals surface area contributed by atoms with Gasteiger partial charge in [0.1, 0.15) is 11.5 Å². The number of carbonyl (C=O) groups is 1. The van der Waals surface area contributed by atoms with E-state index in [0.717, 1.165) is 6.20 Å². The highest BCUT2D eigenvalue weighted by atomic mass is 35.5. The summed E-state index contributed by atoms with van der Waals surface area (Å²) >= 11 is 7.05.